The maximum Gasteiger partial charge on any atom is 0.237 e. The molecule has 0 saturated carbocycles. The molecular weight excluding hydrogens is 365 g/mol. The van der Waals surface area contributed by atoms with E-state index in [1.807, 2.05) is 23.1 Å². The molecule has 0 unspecified atom stereocenters. The molecule has 0 fully saturated rings. The lowest BCUT2D eigenvalue weighted by Crippen LogP contribution is -2.36. The molecule has 1 amide bonds. The Bertz CT molecular complexity index is 972. The molecule has 1 aliphatic rings. The minimum absolute atomic E-state index is 0.0125. The number of nitrogens with zero attached hydrogens (tertiary/aromatic N) is 4. The molecule has 0 saturated heterocycles. The summed E-state index contributed by atoms with van der Waals surface area (Å²) in [5, 5.41) is 8.56. The van der Waals surface area contributed by atoms with Crippen molar-refractivity contribution in [1.29, 1.82) is 0 Å². The zero-order valence-electron chi connectivity index (χ0n) is 14.5. The van der Waals surface area contributed by atoms with Crippen molar-refractivity contribution in [3.8, 4) is 11.4 Å². The van der Waals surface area contributed by atoms with E-state index in [2.05, 4.69) is 16.3 Å². The fraction of sp³-hybridized carbons (Fsp3) is 0.211. The summed E-state index contributed by atoms with van der Waals surface area (Å²) in [7, 11) is 0. The van der Waals surface area contributed by atoms with Crippen molar-refractivity contribution in [3.05, 3.63) is 59.9 Å². The van der Waals surface area contributed by atoms with Crippen LogP contribution >= 0.6 is 11.8 Å². The highest BCUT2D eigenvalue weighted by molar-refractivity contribution is 7.99. The van der Waals surface area contributed by atoms with Crippen molar-refractivity contribution in [1.82, 2.24) is 14.9 Å². The van der Waals surface area contributed by atoms with Gasteiger partial charge in [0.2, 0.25) is 11.1 Å². The first-order chi connectivity index (χ1) is 13.1. The summed E-state index contributed by atoms with van der Waals surface area (Å²) in [6.07, 6.45) is 1.94. The largest absolute Gasteiger partial charge is 0.335 e. The fourth-order valence-electron chi connectivity index (χ4n) is 3.17. The van der Waals surface area contributed by atoms with Gasteiger partial charge in [-0.05, 0) is 48.7 Å². The monoisotopic (exact) mass is 383 g/mol. The maximum atomic E-state index is 13.1. The molecule has 4 rings (SSSR count). The van der Waals surface area contributed by atoms with Crippen LogP contribution in [0, 0.1) is 5.82 Å². The number of aryl methyl sites for hydroxylation is 1. The van der Waals surface area contributed by atoms with Gasteiger partial charge in [0, 0.05) is 17.8 Å². The molecular formula is C19H18FN5OS. The predicted octanol–water partition coefficient (Wildman–Crippen LogP) is 2.87. The van der Waals surface area contributed by atoms with Gasteiger partial charge in [-0.25, -0.2) is 9.07 Å². The smallest absolute Gasteiger partial charge is 0.237 e. The van der Waals surface area contributed by atoms with E-state index in [9.17, 15) is 9.18 Å². The van der Waals surface area contributed by atoms with Crippen LogP contribution in [0.15, 0.2) is 53.7 Å². The van der Waals surface area contributed by atoms with Crippen molar-refractivity contribution < 1.29 is 9.18 Å². The molecule has 138 valence electrons. The molecule has 0 aliphatic carbocycles. The lowest BCUT2D eigenvalue weighted by atomic mass is 10.0. The second kappa shape index (κ2) is 7.40. The lowest BCUT2D eigenvalue weighted by Gasteiger charge is -2.29. The summed E-state index contributed by atoms with van der Waals surface area (Å²) < 4.78 is 14.4. The highest BCUT2D eigenvalue weighted by Gasteiger charge is 2.23. The number of thioether (sulfide) groups is 1. The normalized spacial score (nSPS) is 13.4. The van der Waals surface area contributed by atoms with Gasteiger partial charge in [0.05, 0.1) is 5.75 Å². The summed E-state index contributed by atoms with van der Waals surface area (Å²) in [6, 6.07) is 13.9. The van der Waals surface area contributed by atoms with Crippen molar-refractivity contribution in [2.75, 3.05) is 23.0 Å². The van der Waals surface area contributed by atoms with Gasteiger partial charge in [0.15, 0.2) is 5.82 Å². The molecule has 0 atom stereocenters. The van der Waals surface area contributed by atoms with E-state index >= 15 is 0 Å². The van der Waals surface area contributed by atoms with E-state index in [4.69, 9.17) is 5.84 Å². The number of hydrogen-bond donors (Lipinski definition) is 1. The third-order valence-corrected chi connectivity index (χ3v) is 5.43. The Morgan fingerprint density at radius 2 is 1.93 bits per heavy atom. The number of aromatic nitrogens is 3. The number of rotatable bonds is 4. The molecule has 0 bridgehead atoms. The fourth-order valence-corrected chi connectivity index (χ4v) is 3.90. The van der Waals surface area contributed by atoms with Crippen LogP contribution in [0.1, 0.15) is 12.0 Å². The molecule has 3 aromatic rings. The molecule has 8 heteroatoms. The van der Waals surface area contributed by atoms with Crippen LogP contribution in [0.4, 0.5) is 10.1 Å². The molecule has 2 aromatic carbocycles. The average molecular weight is 383 g/mol. The van der Waals surface area contributed by atoms with E-state index < -0.39 is 0 Å². The molecule has 2 heterocycles. The van der Waals surface area contributed by atoms with Crippen LogP contribution in [0.3, 0.4) is 0 Å². The van der Waals surface area contributed by atoms with Crippen molar-refractivity contribution in [3.63, 3.8) is 0 Å². The minimum atomic E-state index is -0.330. The van der Waals surface area contributed by atoms with Crippen LogP contribution in [-0.2, 0) is 11.2 Å². The van der Waals surface area contributed by atoms with Crippen LogP contribution in [-0.4, -0.2) is 33.1 Å². The van der Waals surface area contributed by atoms with Crippen LogP contribution < -0.4 is 10.7 Å². The van der Waals surface area contributed by atoms with E-state index in [1.165, 1.54) is 34.1 Å². The molecule has 2 N–H and O–H groups in total. The number of para-hydroxylation sites is 1. The Morgan fingerprint density at radius 3 is 2.74 bits per heavy atom. The zero-order chi connectivity index (χ0) is 18.8. The summed E-state index contributed by atoms with van der Waals surface area (Å²) >= 11 is 1.24. The molecule has 0 spiro atoms. The highest BCUT2D eigenvalue weighted by atomic mass is 32.2. The first-order valence-electron chi connectivity index (χ1n) is 8.61. The number of hydrogen-bond acceptors (Lipinski definition) is 5. The van der Waals surface area contributed by atoms with Gasteiger partial charge < -0.3 is 10.7 Å². The van der Waals surface area contributed by atoms with Gasteiger partial charge in [0.25, 0.3) is 0 Å². The van der Waals surface area contributed by atoms with Gasteiger partial charge in [-0.3, -0.25) is 4.79 Å². The average Bonchev–Trinajstić information content (AvgIpc) is 3.07. The van der Waals surface area contributed by atoms with Gasteiger partial charge >= 0.3 is 0 Å². The standard InChI is InChI=1S/C19H18FN5OS/c20-15-9-7-14(8-10-15)18-22-23-19(25(18)21)27-12-17(26)24-11-3-5-13-4-1-2-6-16(13)24/h1-2,4,6-10H,3,5,11-12,21H2. The van der Waals surface area contributed by atoms with Gasteiger partial charge in [-0.1, -0.05) is 30.0 Å². The van der Waals surface area contributed by atoms with Gasteiger partial charge in [-0.15, -0.1) is 10.2 Å². The quantitative estimate of drug-likeness (QED) is 0.554. The van der Waals surface area contributed by atoms with Crippen molar-refractivity contribution in [2.45, 2.75) is 18.0 Å². The van der Waals surface area contributed by atoms with Gasteiger partial charge in [-0.2, -0.15) is 0 Å². The summed E-state index contributed by atoms with van der Waals surface area (Å²) in [5.74, 6) is 6.39. The summed E-state index contributed by atoms with van der Waals surface area (Å²) in [4.78, 5) is 14.5. The van der Waals surface area contributed by atoms with Gasteiger partial charge in [0.1, 0.15) is 5.82 Å². The number of nitrogens with two attached hydrogens (primary N) is 1. The SMILES string of the molecule is Nn1c(SCC(=O)N2CCCc3ccccc32)nnc1-c1ccc(F)cc1. The lowest BCUT2D eigenvalue weighted by molar-refractivity contribution is -0.116. The van der Waals surface area contributed by atoms with E-state index in [0.29, 0.717) is 23.1 Å². The van der Waals surface area contributed by atoms with Crippen LogP contribution in [0.2, 0.25) is 0 Å². The number of carbonyl (C=O) groups is 1. The minimum Gasteiger partial charge on any atom is -0.335 e. The van der Waals surface area contributed by atoms with E-state index in [1.54, 1.807) is 12.1 Å². The van der Waals surface area contributed by atoms with Crippen LogP contribution in [0.25, 0.3) is 11.4 Å². The second-order valence-corrected chi connectivity index (χ2v) is 7.19. The van der Waals surface area contributed by atoms with E-state index in [-0.39, 0.29) is 17.5 Å². The predicted molar refractivity (Wildman–Crippen MR) is 103 cm³/mol. The zero-order valence-corrected chi connectivity index (χ0v) is 15.3. The number of nitrogen functional groups attached to an aromatic ring is 1. The Morgan fingerprint density at radius 1 is 1.15 bits per heavy atom. The topological polar surface area (TPSA) is 77.0 Å². The number of fused-ring (bicyclic) bond motifs is 1. The molecule has 1 aromatic heterocycles. The van der Waals surface area contributed by atoms with E-state index in [0.717, 1.165) is 18.5 Å². The number of carbonyl (C=O) groups excluding carboxylic acids is 1. The van der Waals surface area contributed by atoms with Crippen molar-refractivity contribution >= 4 is 23.4 Å². The number of benzene rings is 2. The first kappa shape index (κ1) is 17.5. The molecule has 6 nitrogen and oxygen atoms in total. The van der Waals surface area contributed by atoms with Crippen molar-refractivity contribution in [2.24, 2.45) is 0 Å². The van der Waals surface area contributed by atoms with Crippen LogP contribution in [0.5, 0.6) is 0 Å². The Labute approximate surface area is 160 Å². The Hall–Kier alpha value is -2.87. The first-order valence-corrected chi connectivity index (χ1v) is 9.59. The molecule has 27 heavy (non-hydrogen) atoms. The molecule has 1 aliphatic heterocycles. The Kier molecular flexibility index (Phi) is 4.81. The highest BCUT2D eigenvalue weighted by Crippen LogP contribution is 2.28. The number of amides is 1. The third-order valence-electron chi connectivity index (χ3n) is 4.50. The number of halogens is 1. The second-order valence-electron chi connectivity index (χ2n) is 6.25. The number of anilines is 1. The molecule has 0 radical (unpaired) electrons. The maximum absolute atomic E-state index is 13.1. The summed E-state index contributed by atoms with van der Waals surface area (Å²) in [6.45, 7) is 0.715. The summed E-state index contributed by atoms with van der Waals surface area (Å²) in [5.41, 5.74) is 2.84. The third kappa shape index (κ3) is 3.52. The Balaban J connectivity index is 1.47.